The maximum atomic E-state index is 13.1. The summed E-state index contributed by atoms with van der Waals surface area (Å²) >= 11 is 0. The van der Waals surface area contributed by atoms with Crippen molar-refractivity contribution >= 4 is 11.9 Å². The van der Waals surface area contributed by atoms with Crippen molar-refractivity contribution in [2.24, 2.45) is 0 Å². The van der Waals surface area contributed by atoms with Crippen LogP contribution >= 0.6 is 0 Å². The summed E-state index contributed by atoms with van der Waals surface area (Å²) in [5.74, 6) is 2.58. The second-order valence-electron chi connectivity index (χ2n) is 7.86. The minimum absolute atomic E-state index is 0.154. The molecule has 3 aliphatic rings. The Hall–Kier alpha value is -3.03. The Balaban J connectivity index is 1.44. The summed E-state index contributed by atoms with van der Waals surface area (Å²) < 4.78 is 28.6. The van der Waals surface area contributed by atoms with Crippen LogP contribution in [0.5, 0.6) is 23.0 Å². The number of rotatable bonds is 5. The Kier molecular flexibility index (Phi) is 5.29. The first-order valence-electron chi connectivity index (χ1n) is 10.5. The largest absolute Gasteiger partial charge is 0.493 e. The van der Waals surface area contributed by atoms with Crippen LogP contribution in [0.1, 0.15) is 34.3 Å². The number of para-hydroxylation sites is 1. The van der Waals surface area contributed by atoms with Crippen LogP contribution in [0.3, 0.4) is 0 Å². The average Bonchev–Trinajstić information content (AvgIpc) is 3.42. The van der Waals surface area contributed by atoms with Gasteiger partial charge in [0.1, 0.15) is 18.2 Å². The van der Waals surface area contributed by atoms with E-state index in [1.807, 2.05) is 24.3 Å². The van der Waals surface area contributed by atoms with E-state index in [1.54, 1.807) is 26.4 Å². The smallest absolute Gasteiger partial charge is 0.231 e. The second-order valence-corrected chi connectivity index (χ2v) is 7.86. The molecule has 1 atom stereocenters. The maximum Gasteiger partial charge on any atom is 0.231 e. The first kappa shape index (κ1) is 19.9. The number of carbonyl (C=O) groups excluding carboxylic acids is 1. The SMILES string of the molecule is COc1cccc(/C=C2\Oc3c(ccc4c3CN(C[C@H]3CCCO3)CO4)C2=O)c1OC. The molecule has 0 saturated carbocycles. The van der Waals surface area contributed by atoms with Crippen molar-refractivity contribution in [3.05, 3.63) is 52.8 Å². The normalized spacial score (nSPS) is 21.4. The molecule has 1 saturated heterocycles. The van der Waals surface area contributed by atoms with Gasteiger partial charge in [-0.2, -0.15) is 0 Å². The molecule has 0 N–H and O–H groups in total. The van der Waals surface area contributed by atoms with Crippen LogP contribution in [-0.4, -0.2) is 50.9 Å². The summed E-state index contributed by atoms with van der Waals surface area (Å²) in [4.78, 5) is 15.3. The van der Waals surface area contributed by atoms with E-state index in [1.165, 1.54) is 0 Å². The first-order valence-corrected chi connectivity index (χ1v) is 10.5. The van der Waals surface area contributed by atoms with E-state index in [0.717, 1.165) is 37.3 Å². The molecule has 2 aromatic carbocycles. The van der Waals surface area contributed by atoms with Crippen molar-refractivity contribution in [2.75, 3.05) is 34.1 Å². The van der Waals surface area contributed by atoms with Crippen LogP contribution in [0.2, 0.25) is 0 Å². The van der Waals surface area contributed by atoms with Crippen LogP contribution in [0, 0.1) is 0 Å². The second kappa shape index (κ2) is 8.24. The maximum absolute atomic E-state index is 13.1. The summed E-state index contributed by atoms with van der Waals surface area (Å²) in [5, 5.41) is 0. The van der Waals surface area contributed by atoms with Gasteiger partial charge in [0.15, 0.2) is 17.3 Å². The van der Waals surface area contributed by atoms with Crippen LogP contribution in [0.15, 0.2) is 36.1 Å². The van der Waals surface area contributed by atoms with Gasteiger partial charge in [-0.15, -0.1) is 0 Å². The zero-order chi connectivity index (χ0) is 21.4. The van der Waals surface area contributed by atoms with Gasteiger partial charge in [-0.05, 0) is 37.1 Å². The summed E-state index contributed by atoms with van der Waals surface area (Å²) in [5.41, 5.74) is 2.16. The van der Waals surface area contributed by atoms with E-state index in [9.17, 15) is 4.79 Å². The minimum atomic E-state index is -0.154. The zero-order valence-electron chi connectivity index (χ0n) is 17.7. The highest BCUT2D eigenvalue weighted by atomic mass is 16.5. The average molecular weight is 423 g/mol. The van der Waals surface area contributed by atoms with Gasteiger partial charge in [0, 0.05) is 25.3 Å². The quantitative estimate of drug-likeness (QED) is 0.680. The molecular weight excluding hydrogens is 398 g/mol. The molecule has 1 fully saturated rings. The number of ketones is 1. The standard InChI is InChI=1S/C24H25NO6/c1-27-20-7-3-5-15(23(20)28-2)11-21-22(26)17-8-9-19-18(24(17)31-21)13-25(14-30-19)12-16-6-4-10-29-16/h3,5,7-9,11,16H,4,6,10,12-14H2,1-2H3/b21-11-/t16-/m1/s1. The van der Waals surface area contributed by atoms with Gasteiger partial charge in [0.2, 0.25) is 5.78 Å². The summed E-state index contributed by atoms with van der Waals surface area (Å²) in [6, 6.07) is 9.14. The van der Waals surface area contributed by atoms with Gasteiger partial charge in [-0.3, -0.25) is 9.69 Å². The number of hydrogen-bond donors (Lipinski definition) is 0. The highest BCUT2D eigenvalue weighted by Crippen LogP contribution is 2.43. The van der Waals surface area contributed by atoms with E-state index >= 15 is 0 Å². The highest BCUT2D eigenvalue weighted by molar-refractivity contribution is 6.15. The third-order valence-electron chi connectivity index (χ3n) is 5.89. The molecule has 31 heavy (non-hydrogen) atoms. The molecule has 162 valence electrons. The lowest BCUT2D eigenvalue weighted by molar-refractivity contribution is 0.0274. The number of allylic oxidation sites excluding steroid dienone is 1. The predicted molar refractivity (Wildman–Crippen MR) is 114 cm³/mol. The van der Waals surface area contributed by atoms with Crippen LogP contribution in [0.4, 0.5) is 0 Å². The Morgan fingerprint density at radius 2 is 2.10 bits per heavy atom. The molecule has 2 aromatic rings. The Morgan fingerprint density at radius 3 is 2.87 bits per heavy atom. The lowest BCUT2D eigenvalue weighted by Crippen LogP contribution is -2.37. The third kappa shape index (κ3) is 3.64. The molecule has 0 aliphatic carbocycles. The van der Waals surface area contributed by atoms with Crippen molar-refractivity contribution in [3.63, 3.8) is 0 Å². The third-order valence-corrected chi connectivity index (χ3v) is 5.89. The lowest BCUT2D eigenvalue weighted by atomic mass is 10.0. The van der Waals surface area contributed by atoms with Gasteiger partial charge < -0.3 is 23.7 Å². The number of hydrogen-bond acceptors (Lipinski definition) is 7. The molecule has 0 aromatic heterocycles. The highest BCUT2D eigenvalue weighted by Gasteiger charge is 2.34. The Morgan fingerprint density at radius 1 is 1.19 bits per heavy atom. The van der Waals surface area contributed by atoms with E-state index < -0.39 is 0 Å². The van der Waals surface area contributed by atoms with Crippen molar-refractivity contribution in [1.82, 2.24) is 4.90 Å². The predicted octanol–water partition coefficient (Wildman–Crippen LogP) is 3.65. The molecule has 7 nitrogen and oxygen atoms in total. The van der Waals surface area contributed by atoms with Crippen molar-refractivity contribution in [1.29, 1.82) is 0 Å². The van der Waals surface area contributed by atoms with E-state index in [-0.39, 0.29) is 17.6 Å². The van der Waals surface area contributed by atoms with Gasteiger partial charge in [-0.1, -0.05) is 12.1 Å². The number of nitrogens with zero attached hydrogens (tertiary/aromatic N) is 1. The molecule has 0 bridgehead atoms. The molecule has 3 aliphatic heterocycles. The molecule has 0 amide bonds. The van der Waals surface area contributed by atoms with Crippen molar-refractivity contribution < 1.29 is 28.5 Å². The molecule has 0 radical (unpaired) electrons. The van der Waals surface area contributed by atoms with Gasteiger partial charge >= 0.3 is 0 Å². The fourth-order valence-electron chi connectivity index (χ4n) is 4.36. The molecule has 0 unspecified atom stereocenters. The topological polar surface area (TPSA) is 66.5 Å². The summed E-state index contributed by atoms with van der Waals surface area (Å²) in [7, 11) is 3.15. The van der Waals surface area contributed by atoms with Gasteiger partial charge in [0.05, 0.1) is 31.5 Å². The number of ether oxygens (including phenoxy) is 5. The lowest BCUT2D eigenvalue weighted by Gasteiger charge is -2.31. The molecule has 7 heteroatoms. The van der Waals surface area contributed by atoms with Crippen LogP contribution < -0.4 is 18.9 Å². The fourth-order valence-corrected chi connectivity index (χ4v) is 4.36. The number of Topliss-reactive ketones (excluding diaryl/α,β-unsaturated/α-hetero) is 1. The van der Waals surface area contributed by atoms with Gasteiger partial charge in [-0.25, -0.2) is 0 Å². The van der Waals surface area contributed by atoms with Crippen molar-refractivity contribution in [2.45, 2.75) is 25.5 Å². The molecular formula is C24H25NO6. The number of carbonyl (C=O) groups is 1. The molecule has 5 rings (SSSR count). The van der Waals surface area contributed by atoms with Crippen molar-refractivity contribution in [3.8, 4) is 23.0 Å². The number of benzene rings is 2. The Bertz CT molecular complexity index is 1040. The molecule has 3 heterocycles. The summed E-state index contributed by atoms with van der Waals surface area (Å²) in [6.07, 6.45) is 4.11. The first-order chi connectivity index (χ1) is 15.2. The van der Waals surface area contributed by atoms with Gasteiger partial charge in [0.25, 0.3) is 0 Å². The van der Waals surface area contributed by atoms with E-state index in [4.69, 9.17) is 23.7 Å². The van der Waals surface area contributed by atoms with Crippen LogP contribution in [-0.2, 0) is 11.3 Å². The van der Waals surface area contributed by atoms with E-state index in [0.29, 0.717) is 41.7 Å². The minimum Gasteiger partial charge on any atom is -0.493 e. The number of methoxy groups -OCH3 is 2. The number of fused-ring (bicyclic) bond motifs is 3. The fraction of sp³-hybridized carbons (Fsp3) is 0.375. The molecule has 0 spiro atoms. The Labute approximate surface area is 181 Å². The van der Waals surface area contributed by atoms with E-state index in [2.05, 4.69) is 4.90 Å². The zero-order valence-corrected chi connectivity index (χ0v) is 17.7. The summed E-state index contributed by atoms with van der Waals surface area (Å²) in [6.45, 7) is 2.79. The van der Waals surface area contributed by atoms with Crippen LogP contribution in [0.25, 0.3) is 6.08 Å². The monoisotopic (exact) mass is 423 g/mol.